The number of hydrogen-bond acceptors (Lipinski definition) is 2. The number of benzene rings is 2. The fourth-order valence-corrected chi connectivity index (χ4v) is 2.50. The molecular formula is C17H19NO. The first-order valence-electron chi connectivity index (χ1n) is 6.93. The van der Waals surface area contributed by atoms with E-state index >= 15 is 0 Å². The van der Waals surface area contributed by atoms with Crippen LogP contribution in [0.5, 0.6) is 5.75 Å². The Hall–Kier alpha value is -1.96. The number of ether oxygens (including phenoxy) is 1. The van der Waals surface area contributed by atoms with Crippen LogP contribution in [0, 0.1) is 0 Å². The third kappa shape index (κ3) is 3.08. The number of para-hydroxylation sites is 1. The Kier molecular flexibility index (Phi) is 3.68. The first-order valence-corrected chi connectivity index (χ1v) is 6.93. The Morgan fingerprint density at radius 1 is 0.895 bits per heavy atom. The summed E-state index contributed by atoms with van der Waals surface area (Å²) >= 11 is 0. The Labute approximate surface area is 114 Å². The zero-order chi connectivity index (χ0) is 12.9. The predicted molar refractivity (Wildman–Crippen MR) is 78.7 cm³/mol. The lowest BCUT2D eigenvalue weighted by Gasteiger charge is -2.18. The second-order valence-corrected chi connectivity index (χ2v) is 4.97. The molecule has 0 spiro atoms. The van der Waals surface area contributed by atoms with Gasteiger partial charge in [0.25, 0.3) is 0 Å². The molecule has 2 nitrogen and oxygen atoms in total. The van der Waals surface area contributed by atoms with E-state index in [1.54, 1.807) is 0 Å². The lowest BCUT2D eigenvalue weighted by Crippen LogP contribution is -2.17. The third-order valence-corrected chi connectivity index (χ3v) is 3.53. The number of nitrogens with zero attached hydrogens (tertiary/aromatic N) is 1. The van der Waals surface area contributed by atoms with Crippen molar-refractivity contribution in [3.8, 4) is 5.75 Å². The highest BCUT2D eigenvalue weighted by molar-refractivity contribution is 5.49. The summed E-state index contributed by atoms with van der Waals surface area (Å²) in [7, 11) is 0. The zero-order valence-electron chi connectivity index (χ0n) is 11.1. The molecule has 0 saturated carbocycles. The summed E-state index contributed by atoms with van der Waals surface area (Å²) in [6, 6.07) is 18.7. The van der Waals surface area contributed by atoms with Crippen molar-refractivity contribution in [1.29, 1.82) is 0 Å². The molecule has 98 valence electrons. The summed E-state index contributed by atoms with van der Waals surface area (Å²) in [5.41, 5.74) is 2.56. The summed E-state index contributed by atoms with van der Waals surface area (Å²) in [4.78, 5) is 2.45. The van der Waals surface area contributed by atoms with Crippen LogP contribution in [-0.2, 0) is 6.61 Å². The smallest absolute Gasteiger partial charge is 0.119 e. The molecule has 0 bridgehead atoms. The van der Waals surface area contributed by atoms with E-state index in [1.807, 2.05) is 30.3 Å². The Morgan fingerprint density at radius 2 is 1.68 bits per heavy atom. The van der Waals surface area contributed by atoms with Crippen LogP contribution in [0.4, 0.5) is 5.69 Å². The molecule has 3 rings (SSSR count). The summed E-state index contributed by atoms with van der Waals surface area (Å²) < 4.78 is 5.79. The molecular weight excluding hydrogens is 234 g/mol. The lowest BCUT2D eigenvalue weighted by atomic mass is 10.2. The summed E-state index contributed by atoms with van der Waals surface area (Å²) in [6.07, 6.45) is 2.62. The van der Waals surface area contributed by atoms with Gasteiger partial charge in [-0.05, 0) is 42.7 Å². The van der Waals surface area contributed by atoms with Crippen LogP contribution in [0.15, 0.2) is 54.6 Å². The van der Waals surface area contributed by atoms with E-state index in [9.17, 15) is 0 Å². The molecule has 2 heteroatoms. The van der Waals surface area contributed by atoms with Crippen LogP contribution in [0.3, 0.4) is 0 Å². The molecule has 2 aromatic rings. The van der Waals surface area contributed by atoms with Crippen LogP contribution in [-0.4, -0.2) is 13.1 Å². The topological polar surface area (TPSA) is 12.5 Å². The normalized spacial score (nSPS) is 14.6. The minimum absolute atomic E-state index is 0.631. The molecule has 0 aliphatic carbocycles. The van der Waals surface area contributed by atoms with E-state index in [0.717, 1.165) is 5.75 Å². The molecule has 1 saturated heterocycles. The monoisotopic (exact) mass is 253 g/mol. The number of anilines is 1. The van der Waals surface area contributed by atoms with Gasteiger partial charge in [-0.3, -0.25) is 0 Å². The molecule has 2 aromatic carbocycles. The van der Waals surface area contributed by atoms with Gasteiger partial charge in [0.05, 0.1) is 0 Å². The molecule has 1 fully saturated rings. The van der Waals surface area contributed by atoms with Crippen LogP contribution in [0.1, 0.15) is 18.4 Å². The van der Waals surface area contributed by atoms with Crippen LogP contribution in [0.25, 0.3) is 0 Å². The average molecular weight is 253 g/mol. The quantitative estimate of drug-likeness (QED) is 0.820. The highest BCUT2D eigenvalue weighted by Gasteiger charge is 2.12. The molecule has 0 aromatic heterocycles. The van der Waals surface area contributed by atoms with Gasteiger partial charge in [0.15, 0.2) is 0 Å². The number of rotatable bonds is 4. The van der Waals surface area contributed by atoms with Crippen molar-refractivity contribution in [3.05, 3.63) is 60.2 Å². The van der Waals surface area contributed by atoms with Crippen molar-refractivity contribution in [2.45, 2.75) is 19.4 Å². The van der Waals surface area contributed by atoms with E-state index in [1.165, 1.54) is 37.2 Å². The molecule has 0 radical (unpaired) electrons. The molecule has 0 atom stereocenters. The summed E-state index contributed by atoms with van der Waals surface area (Å²) in [6.45, 7) is 3.00. The molecule has 0 N–H and O–H groups in total. The van der Waals surface area contributed by atoms with Crippen molar-refractivity contribution in [2.75, 3.05) is 18.0 Å². The Bertz CT molecular complexity index is 518. The molecule has 1 heterocycles. The Morgan fingerprint density at radius 3 is 2.47 bits per heavy atom. The van der Waals surface area contributed by atoms with E-state index in [-0.39, 0.29) is 0 Å². The van der Waals surface area contributed by atoms with Gasteiger partial charge >= 0.3 is 0 Å². The molecule has 0 amide bonds. The van der Waals surface area contributed by atoms with Gasteiger partial charge in [0, 0.05) is 18.8 Å². The molecule has 1 aliphatic heterocycles. The molecule has 0 unspecified atom stereocenters. The Balaban J connectivity index is 1.66. The third-order valence-electron chi connectivity index (χ3n) is 3.53. The van der Waals surface area contributed by atoms with E-state index in [0.29, 0.717) is 6.61 Å². The molecule has 19 heavy (non-hydrogen) atoms. The molecule has 1 aliphatic rings. The maximum Gasteiger partial charge on any atom is 0.119 e. The van der Waals surface area contributed by atoms with E-state index in [2.05, 4.69) is 29.2 Å². The van der Waals surface area contributed by atoms with Crippen LogP contribution in [0.2, 0.25) is 0 Å². The van der Waals surface area contributed by atoms with Crippen LogP contribution >= 0.6 is 0 Å². The van der Waals surface area contributed by atoms with E-state index in [4.69, 9.17) is 4.74 Å². The second kappa shape index (κ2) is 5.79. The summed E-state index contributed by atoms with van der Waals surface area (Å²) in [5, 5.41) is 0. The first-order chi connectivity index (χ1) is 9.42. The van der Waals surface area contributed by atoms with Crippen molar-refractivity contribution in [1.82, 2.24) is 0 Å². The zero-order valence-corrected chi connectivity index (χ0v) is 11.1. The fraction of sp³-hybridized carbons (Fsp3) is 0.294. The van der Waals surface area contributed by atoms with Gasteiger partial charge in [0.1, 0.15) is 12.4 Å². The number of hydrogen-bond donors (Lipinski definition) is 0. The van der Waals surface area contributed by atoms with Gasteiger partial charge in [-0.1, -0.05) is 30.3 Å². The summed E-state index contributed by atoms with van der Waals surface area (Å²) in [5.74, 6) is 0.925. The minimum atomic E-state index is 0.631. The maximum absolute atomic E-state index is 5.79. The van der Waals surface area contributed by atoms with Crippen molar-refractivity contribution in [2.24, 2.45) is 0 Å². The maximum atomic E-state index is 5.79. The van der Waals surface area contributed by atoms with Gasteiger partial charge in [0.2, 0.25) is 0 Å². The van der Waals surface area contributed by atoms with Gasteiger partial charge < -0.3 is 9.64 Å². The standard InChI is InChI=1S/C17H19NO/c1-2-9-17(10-3-1)19-14-15-7-6-8-16(13-15)18-11-4-5-12-18/h1-3,6-10,13H,4-5,11-12,14H2. The largest absolute Gasteiger partial charge is 0.489 e. The van der Waals surface area contributed by atoms with Crippen molar-refractivity contribution >= 4 is 5.69 Å². The van der Waals surface area contributed by atoms with Gasteiger partial charge in [-0.15, -0.1) is 0 Å². The van der Waals surface area contributed by atoms with E-state index < -0.39 is 0 Å². The average Bonchev–Trinajstić information content (AvgIpc) is 3.01. The van der Waals surface area contributed by atoms with Crippen molar-refractivity contribution in [3.63, 3.8) is 0 Å². The second-order valence-electron chi connectivity index (χ2n) is 4.97. The first kappa shape index (κ1) is 12.1. The minimum Gasteiger partial charge on any atom is -0.489 e. The lowest BCUT2D eigenvalue weighted by molar-refractivity contribution is 0.306. The van der Waals surface area contributed by atoms with Crippen LogP contribution < -0.4 is 9.64 Å². The SMILES string of the molecule is c1ccc(OCc2cccc(N3CCCC3)c2)cc1. The van der Waals surface area contributed by atoms with Gasteiger partial charge in [-0.25, -0.2) is 0 Å². The van der Waals surface area contributed by atoms with Crippen molar-refractivity contribution < 1.29 is 4.74 Å². The predicted octanol–water partition coefficient (Wildman–Crippen LogP) is 3.87. The van der Waals surface area contributed by atoms with Gasteiger partial charge in [-0.2, -0.15) is 0 Å². The fourth-order valence-electron chi connectivity index (χ4n) is 2.50. The highest BCUT2D eigenvalue weighted by atomic mass is 16.5. The highest BCUT2D eigenvalue weighted by Crippen LogP contribution is 2.22.